The molecule has 0 bridgehead atoms. The first-order chi connectivity index (χ1) is 13.5. The number of amides is 1. The summed E-state index contributed by atoms with van der Waals surface area (Å²) >= 11 is 0. The van der Waals surface area contributed by atoms with E-state index in [1.54, 1.807) is 23.1 Å². The van der Waals surface area contributed by atoms with Gasteiger partial charge in [-0.25, -0.2) is 14.2 Å². The first-order valence-electron chi connectivity index (χ1n) is 9.91. The summed E-state index contributed by atoms with van der Waals surface area (Å²) in [6.07, 6.45) is 1.13. The van der Waals surface area contributed by atoms with Crippen LogP contribution in [0.5, 0.6) is 5.75 Å². The van der Waals surface area contributed by atoms with Crippen LogP contribution in [0, 0.1) is 5.82 Å². The Kier molecular flexibility index (Phi) is 8.84. The Morgan fingerprint density at radius 1 is 1.32 bits per heavy atom. The molecule has 0 saturated carbocycles. The molecule has 7 nitrogen and oxygen atoms in total. The lowest BCUT2D eigenvalue weighted by Gasteiger charge is -2.32. The van der Waals surface area contributed by atoms with Crippen LogP contribution in [0.3, 0.4) is 0 Å². The number of piperidine rings is 1. The minimum atomic E-state index is -0.378. The highest BCUT2D eigenvalue weighted by Crippen LogP contribution is 2.17. The number of guanidine groups is 1. The summed E-state index contributed by atoms with van der Waals surface area (Å²) in [6, 6.07) is 6.58. The molecule has 156 valence electrons. The minimum Gasteiger partial charge on any atom is -0.486 e. The van der Waals surface area contributed by atoms with Gasteiger partial charge in [-0.05, 0) is 45.7 Å². The minimum absolute atomic E-state index is 0.228. The monoisotopic (exact) mass is 394 g/mol. The molecule has 1 aromatic carbocycles. The van der Waals surface area contributed by atoms with Crippen LogP contribution in [-0.2, 0) is 4.74 Å². The Bertz CT molecular complexity index is 648. The number of halogens is 1. The number of hydrogen-bond donors (Lipinski definition) is 2. The summed E-state index contributed by atoms with van der Waals surface area (Å²) in [5, 5.41) is 6.63. The molecule has 1 atom stereocenters. The van der Waals surface area contributed by atoms with Gasteiger partial charge in [0, 0.05) is 25.7 Å². The molecule has 0 radical (unpaired) electrons. The second-order valence-corrected chi connectivity index (χ2v) is 6.68. The number of nitrogens with one attached hydrogen (secondary N) is 2. The van der Waals surface area contributed by atoms with Gasteiger partial charge < -0.3 is 25.0 Å². The number of benzene rings is 1. The molecule has 1 aliphatic heterocycles. The van der Waals surface area contributed by atoms with Crippen LogP contribution in [0.15, 0.2) is 29.3 Å². The average molecular weight is 394 g/mol. The second kappa shape index (κ2) is 11.4. The lowest BCUT2D eigenvalue weighted by Crippen LogP contribution is -2.50. The highest BCUT2D eigenvalue weighted by atomic mass is 19.1. The van der Waals surface area contributed by atoms with E-state index in [9.17, 15) is 9.18 Å². The summed E-state index contributed by atoms with van der Waals surface area (Å²) in [5.41, 5.74) is 0. The largest absolute Gasteiger partial charge is 0.486 e. The topological polar surface area (TPSA) is 75.2 Å². The van der Waals surface area contributed by atoms with Crippen LogP contribution in [-0.4, -0.2) is 61.9 Å². The molecule has 28 heavy (non-hydrogen) atoms. The number of likely N-dealkylation sites (tertiary alicyclic amines) is 1. The van der Waals surface area contributed by atoms with Gasteiger partial charge in [-0.15, -0.1) is 0 Å². The Labute approximate surface area is 166 Å². The molecule has 1 aliphatic rings. The first kappa shape index (κ1) is 21.8. The van der Waals surface area contributed by atoms with Crippen molar-refractivity contribution in [1.82, 2.24) is 15.5 Å². The van der Waals surface area contributed by atoms with E-state index in [4.69, 9.17) is 9.47 Å². The van der Waals surface area contributed by atoms with Gasteiger partial charge in [0.25, 0.3) is 0 Å². The zero-order chi connectivity index (χ0) is 20.4. The van der Waals surface area contributed by atoms with Gasteiger partial charge >= 0.3 is 6.09 Å². The molecular weight excluding hydrogens is 363 g/mol. The van der Waals surface area contributed by atoms with Crippen molar-refractivity contribution in [2.24, 2.45) is 4.99 Å². The molecule has 8 heteroatoms. The van der Waals surface area contributed by atoms with Crippen molar-refractivity contribution in [3.63, 3.8) is 0 Å². The predicted molar refractivity (Wildman–Crippen MR) is 107 cm³/mol. The van der Waals surface area contributed by atoms with Crippen LogP contribution in [0.25, 0.3) is 0 Å². The maximum atomic E-state index is 13.7. The van der Waals surface area contributed by atoms with E-state index in [1.165, 1.54) is 6.07 Å². The fourth-order valence-electron chi connectivity index (χ4n) is 2.95. The van der Waals surface area contributed by atoms with Gasteiger partial charge in [0.2, 0.25) is 0 Å². The van der Waals surface area contributed by atoms with Gasteiger partial charge in [-0.1, -0.05) is 12.1 Å². The number of ether oxygens (including phenoxy) is 2. The zero-order valence-corrected chi connectivity index (χ0v) is 16.9. The molecular formula is C20H31FN4O3. The standard InChI is InChI=1S/C20H31FN4O3/c1-4-22-19(23-14-15(3)28-18-9-7-6-8-17(18)21)24-16-10-12-25(13-11-16)20(26)27-5-2/h6-9,15-16H,4-5,10-14H2,1-3H3,(H2,22,23,24). The number of para-hydroxylation sites is 1. The SMILES string of the molecule is CCNC(=NCC(C)Oc1ccccc1F)NC1CCN(C(=O)OCC)CC1. The molecule has 1 unspecified atom stereocenters. The average Bonchev–Trinajstić information content (AvgIpc) is 2.69. The van der Waals surface area contributed by atoms with Crippen LogP contribution in [0.4, 0.5) is 9.18 Å². The van der Waals surface area contributed by atoms with Gasteiger partial charge in [-0.3, -0.25) is 0 Å². The summed E-state index contributed by atoms with van der Waals surface area (Å²) < 4.78 is 24.4. The van der Waals surface area contributed by atoms with E-state index in [1.807, 2.05) is 20.8 Å². The summed E-state index contributed by atoms with van der Waals surface area (Å²) in [7, 11) is 0. The van der Waals surface area contributed by atoms with Crippen LogP contribution in [0.1, 0.15) is 33.6 Å². The Morgan fingerprint density at radius 2 is 2.04 bits per heavy atom. The first-order valence-corrected chi connectivity index (χ1v) is 9.91. The van der Waals surface area contributed by atoms with Crippen molar-refractivity contribution in [3.05, 3.63) is 30.1 Å². The summed E-state index contributed by atoms with van der Waals surface area (Å²) in [6.45, 7) is 8.49. The summed E-state index contributed by atoms with van der Waals surface area (Å²) in [5.74, 6) is 0.548. The Balaban J connectivity index is 1.83. The molecule has 0 aliphatic carbocycles. The number of hydrogen-bond acceptors (Lipinski definition) is 4. The number of carbonyl (C=O) groups excluding carboxylic acids is 1. The predicted octanol–water partition coefficient (Wildman–Crippen LogP) is 2.77. The van der Waals surface area contributed by atoms with E-state index in [-0.39, 0.29) is 29.8 Å². The molecule has 1 fully saturated rings. The molecule has 0 aromatic heterocycles. The lowest BCUT2D eigenvalue weighted by molar-refractivity contribution is 0.0963. The molecule has 2 N–H and O–H groups in total. The maximum Gasteiger partial charge on any atom is 0.409 e. The normalized spacial score (nSPS) is 16.4. The van der Waals surface area contributed by atoms with Crippen molar-refractivity contribution in [1.29, 1.82) is 0 Å². The lowest BCUT2D eigenvalue weighted by atomic mass is 10.1. The van der Waals surface area contributed by atoms with E-state index in [2.05, 4.69) is 15.6 Å². The number of carbonyl (C=O) groups is 1. The van der Waals surface area contributed by atoms with Gasteiger partial charge in [0.15, 0.2) is 17.5 Å². The summed E-state index contributed by atoms with van der Waals surface area (Å²) in [4.78, 5) is 18.1. The van der Waals surface area contributed by atoms with E-state index >= 15 is 0 Å². The smallest absolute Gasteiger partial charge is 0.409 e. The fourth-order valence-corrected chi connectivity index (χ4v) is 2.95. The van der Waals surface area contributed by atoms with E-state index < -0.39 is 0 Å². The molecule has 1 amide bonds. The third-order valence-corrected chi connectivity index (χ3v) is 4.38. The van der Waals surface area contributed by atoms with Crippen molar-refractivity contribution < 1.29 is 18.7 Å². The maximum absolute atomic E-state index is 13.7. The molecule has 0 spiro atoms. The highest BCUT2D eigenvalue weighted by Gasteiger charge is 2.24. The van der Waals surface area contributed by atoms with Gasteiger partial charge in [-0.2, -0.15) is 0 Å². The third-order valence-electron chi connectivity index (χ3n) is 4.38. The second-order valence-electron chi connectivity index (χ2n) is 6.68. The third kappa shape index (κ3) is 6.90. The van der Waals surface area contributed by atoms with E-state index in [0.717, 1.165) is 19.4 Å². The molecule has 1 aromatic rings. The van der Waals surface area contributed by atoms with Crippen molar-refractivity contribution in [3.8, 4) is 5.75 Å². The Hall–Kier alpha value is -2.51. The quantitative estimate of drug-likeness (QED) is 0.549. The molecule has 1 heterocycles. The van der Waals surface area contributed by atoms with Crippen LogP contribution < -0.4 is 15.4 Å². The highest BCUT2D eigenvalue weighted by molar-refractivity contribution is 5.80. The Morgan fingerprint density at radius 3 is 2.68 bits per heavy atom. The van der Waals surface area contributed by atoms with Crippen LogP contribution >= 0.6 is 0 Å². The number of nitrogens with zero attached hydrogens (tertiary/aromatic N) is 2. The van der Waals surface area contributed by atoms with Gasteiger partial charge in [0.1, 0.15) is 6.10 Å². The number of rotatable bonds is 7. The van der Waals surface area contributed by atoms with Crippen molar-refractivity contribution >= 4 is 12.1 Å². The van der Waals surface area contributed by atoms with E-state index in [0.29, 0.717) is 32.2 Å². The fraction of sp³-hybridized carbons (Fsp3) is 0.600. The molecule has 2 rings (SSSR count). The molecule has 1 saturated heterocycles. The zero-order valence-electron chi connectivity index (χ0n) is 16.9. The van der Waals surface area contributed by atoms with Crippen molar-refractivity contribution in [2.75, 3.05) is 32.8 Å². The van der Waals surface area contributed by atoms with Crippen molar-refractivity contribution in [2.45, 2.75) is 45.8 Å². The number of aliphatic imine (C=N–C) groups is 1. The van der Waals surface area contributed by atoms with Crippen LogP contribution in [0.2, 0.25) is 0 Å². The van der Waals surface area contributed by atoms with Gasteiger partial charge in [0.05, 0.1) is 13.2 Å².